The van der Waals surface area contributed by atoms with Crippen molar-refractivity contribution in [1.29, 1.82) is 0 Å². The molecule has 2 nitrogen and oxygen atoms in total. The molecule has 1 N–H and O–H groups in total. The maximum atomic E-state index is 5.69. The van der Waals surface area contributed by atoms with E-state index in [1.54, 1.807) is 7.11 Å². The van der Waals surface area contributed by atoms with Crippen LogP contribution in [-0.2, 0) is 0 Å². The van der Waals surface area contributed by atoms with Crippen LogP contribution >= 0.6 is 15.9 Å². The number of rotatable bonds is 4. The molecule has 1 unspecified atom stereocenters. The number of aryl methyl sites for hydroxylation is 1. The zero-order valence-corrected chi connectivity index (χ0v) is 13.9. The maximum absolute atomic E-state index is 5.69. The lowest BCUT2D eigenvalue weighted by atomic mass is 9.87. The quantitative estimate of drug-likeness (QED) is 0.878. The molecule has 0 aromatic heterocycles. The van der Waals surface area contributed by atoms with Crippen molar-refractivity contribution < 1.29 is 4.74 Å². The third-order valence-electron chi connectivity index (χ3n) is 4.41. The molecule has 0 heterocycles. The first kappa shape index (κ1) is 14.9. The normalized spacial score (nSPS) is 17.7. The zero-order chi connectivity index (χ0) is 14.0. The van der Waals surface area contributed by atoms with Gasteiger partial charge in [-0.05, 0) is 56.8 Å². The highest BCUT2D eigenvalue weighted by Gasteiger charge is 2.29. The Hall–Kier alpha value is -0.540. The zero-order valence-electron chi connectivity index (χ0n) is 12.3. The molecule has 1 atom stereocenters. The van der Waals surface area contributed by atoms with Crippen LogP contribution in [0.25, 0.3) is 0 Å². The summed E-state index contributed by atoms with van der Waals surface area (Å²) in [5, 5.41) is 3.53. The van der Waals surface area contributed by atoms with Gasteiger partial charge in [0.15, 0.2) is 0 Å². The van der Waals surface area contributed by atoms with Gasteiger partial charge < -0.3 is 10.1 Å². The molecule has 0 amide bonds. The molecule has 0 aliphatic heterocycles. The van der Waals surface area contributed by atoms with Gasteiger partial charge in [0.2, 0.25) is 0 Å². The van der Waals surface area contributed by atoms with Gasteiger partial charge in [0.25, 0.3) is 0 Å². The minimum Gasteiger partial charge on any atom is -0.496 e. The molecule has 0 saturated heterocycles. The molecule has 2 rings (SSSR count). The highest BCUT2D eigenvalue weighted by molar-refractivity contribution is 9.10. The molecule has 1 saturated carbocycles. The van der Waals surface area contributed by atoms with Crippen LogP contribution in [0.2, 0.25) is 0 Å². The first-order chi connectivity index (χ1) is 9.10. The van der Waals surface area contributed by atoms with E-state index in [1.807, 2.05) is 0 Å². The summed E-state index contributed by atoms with van der Waals surface area (Å²) in [6.07, 6.45) is 5.35. The number of nitrogens with one attached hydrogen (secondary N) is 1. The smallest absolute Gasteiger partial charge is 0.126 e. The fourth-order valence-electron chi connectivity index (χ4n) is 3.43. The number of hydrogen-bond acceptors (Lipinski definition) is 2. The van der Waals surface area contributed by atoms with Crippen LogP contribution in [0.5, 0.6) is 5.75 Å². The van der Waals surface area contributed by atoms with E-state index in [0.717, 1.165) is 11.7 Å². The SMILES string of the molecule is CNC(c1c(C)c(Br)cc(C)c1OC)C1CCCC1. The average molecular weight is 326 g/mol. The van der Waals surface area contributed by atoms with Crippen LogP contribution in [-0.4, -0.2) is 14.2 Å². The number of ether oxygens (including phenoxy) is 1. The van der Waals surface area contributed by atoms with E-state index in [1.165, 1.54) is 46.8 Å². The van der Waals surface area contributed by atoms with E-state index < -0.39 is 0 Å². The van der Waals surface area contributed by atoms with E-state index in [0.29, 0.717) is 6.04 Å². The monoisotopic (exact) mass is 325 g/mol. The van der Waals surface area contributed by atoms with Crippen molar-refractivity contribution in [2.24, 2.45) is 5.92 Å². The highest BCUT2D eigenvalue weighted by Crippen LogP contribution is 2.43. The predicted molar refractivity (Wildman–Crippen MR) is 83.9 cm³/mol. The summed E-state index contributed by atoms with van der Waals surface area (Å²) >= 11 is 3.68. The van der Waals surface area contributed by atoms with E-state index in [-0.39, 0.29) is 0 Å². The molecule has 0 radical (unpaired) electrons. The van der Waals surface area contributed by atoms with Gasteiger partial charge >= 0.3 is 0 Å². The van der Waals surface area contributed by atoms with Crippen LogP contribution in [0.4, 0.5) is 0 Å². The van der Waals surface area contributed by atoms with Crippen LogP contribution in [0.15, 0.2) is 10.5 Å². The summed E-state index contributed by atoms with van der Waals surface area (Å²) in [6.45, 7) is 4.30. The van der Waals surface area contributed by atoms with Crippen molar-refractivity contribution in [2.75, 3.05) is 14.2 Å². The standard InChI is InChI=1S/C16H24BrNO/c1-10-9-13(17)11(2)14(16(10)19-4)15(18-3)12-7-5-6-8-12/h9,12,15,18H,5-8H2,1-4H3. The van der Waals surface area contributed by atoms with Gasteiger partial charge in [-0.3, -0.25) is 0 Å². The molecule has 1 aliphatic carbocycles. The Kier molecular flexibility index (Phi) is 4.91. The third-order valence-corrected chi connectivity index (χ3v) is 5.23. The Balaban J connectivity index is 2.51. The molecule has 106 valence electrons. The largest absolute Gasteiger partial charge is 0.496 e. The van der Waals surface area contributed by atoms with Crippen LogP contribution in [0, 0.1) is 19.8 Å². The predicted octanol–water partition coefficient (Wildman–Crippen LogP) is 4.53. The van der Waals surface area contributed by atoms with E-state index in [2.05, 4.69) is 48.2 Å². The van der Waals surface area contributed by atoms with Crippen molar-refractivity contribution in [2.45, 2.75) is 45.6 Å². The summed E-state index contributed by atoms with van der Waals surface area (Å²) in [4.78, 5) is 0. The van der Waals surface area contributed by atoms with Crippen LogP contribution < -0.4 is 10.1 Å². The Morgan fingerprint density at radius 1 is 1.32 bits per heavy atom. The summed E-state index contributed by atoms with van der Waals surface area (Å²) in [6, 6.07) is 2.55. The lowest BCUT2D eigenvalue weighted by molar-refractivity contribution is 0.356. The number of benzene rings is 1. The first-order valence-electron chi connectivity index (χ1n) is 7.11. The van der Waals surface area contributed by atoms with E-state index in [9.17, 15) is 0 Å². The molecule has 1 aromatic carbocycles. The fraction of sp³-hybridized carbons (Fsp3) is 0.625. The summed E-state index contributed by atoms with van der Waals surface area (Å²) in [5.74, 6) is 1.78. The Bertz CT molecular complexity index is 453. The molecular formula is C16H24BrNO. The minimum absolute atomic E-state index is 0.397. The van der Waals surface area contributed by atoms with E-state index in [4.69, 9.17) is 4.74 Å². The van der Waals surface area contributed by atoms with Gasteiger partial charge in [0, 0.05) is 16.1 Å². The van der Waals surface area contributed by atoms with Gasteiger partial charge in [0.05, 0.1) is 7.11 Å². The summed E-state index contributed by atoms with van der Waals surface area (Å²) < 4.78 is 6.87. The molecule has 19 heavy (non-hydrogen) atoms. The van der Waals surface area contributed by atoms with Crippen LogP contribution in [0.3, 0.4) is 0 Å². The number of methoxy groups -OCH3 is 1. The molecule has 0 bridgehead atoms. The molecule has 0 spiro atoms. The van der Waals surface area contributed by atoms with Gasteiger partial charge in [-0.15, -0.1) is 0 Å². The molecule has 1 fully saturated rings. The number of hydrogen-bond donors (Lipinski definition) is 1. The molecule has 1 aliphatic rings. The lowest BCUT2D eigenvalue weighted by Gasteiger charge is -2.28. The molecule has 1 aromatic rings. The Morgan fingerprint density at radius 3 is 2.47 bits per heavy atom. The summed E-state index contributed by atoms with van der Waals surface area (Å²) in [7, 11) is 3.85. The Labute approximate surface area is 125 Å². The second kappa shape index (κ2) is 6.27. The third kappa shape index (κ3) is 2.82. The average Bonchev–Trinajstić information content (AvgIpc) is 2.90. The summed E-state index contributed by atoms with van der Waals surface area (Å²) in [5.41, 5.74) is 3.84. The van der Waals surface area contributed by atoms with Gasteiger partial charge in [-0.1, -0.05) is 28.8 Å². The van der Waals surface area contributed by atoms with Gasteiger partial charge in [-0.25, -0.2) is 0 Å². The Morgan fingerprint density at radius 2 is 1.95 bits per heavy atom. The minimum atomic E-state index is 0.397. The van der Waals surface area contributed by atoms with Crippen molar-refractivity contribution in [3.8, 4) is 5.75 Å². The van der Waals surface area contributed by atoms with Crippen molar-refractivity contribution in [1.82, 2.24) is 5.32 Å². The topological polar surface area (TPSA) is 21.3 Å². The van der Waals surface area contributed by atoms with Gasteiger partial charge in [0.1, 0.15) is 5.75 Å². The second-order valence-corrected chi connectivity index (χ2v) is 6.41. The number of halogens is 1. The van der Waals surface area contributed by atoms with Crippen molar-refractivity contribution >= 4 is 15.9 Å². The maximum Gasteiger partial charge on any atom is 0.126 e. The molecule has 3 heteroatoms. The first-order valence-corrected chi connectivity index (χ1v) is 7.90. The highest BCUT2D eigenvalue weighted by atomic mass is 79.9. The van der Waals surface area contributed by atoms with E-state index >= 15 is 0 Å². The van der Waals surface area contributed by atoms with Gasteiger partial charge in [-0.2, -0.15) is 0 Å². The van der Waals surface area contributed by atoms with Crippen molar-refractivity contribution in [3.63, 3.8) is 0 Å². The van der Waals surface area contributed by atoms with Crippen LogP contribution in [0.1, 0.15) is 48.4 Å². The lowest BCUT2D eigenvalue weighted by Crippen LogP contribution is -2.25. The van der Waals surface area contributed by atoms with Crippen molar-refractivity contribution in [3.05, 3.63) is 27.2 Å². The second-order valence-electron chi connectivity index (χ2n) is 5.56. The molecular weight excluding hydrogens is 302 g/mol. The fourth-order valence-corrected chi connectivity index (χ4v) is 3.98.